The van der Waals surface area contributed by atoms with Gasteiger partial charge in [0.1, 0.15) is 5.82 Å². The molecule has 1 aromatic carbocycles. The van der Waals surface area contributed by atoms with Crippen molar-refractivity contribution >= 4 is 23.4 Å². The Morgan fingerprint density at radius 1 is 1.40 bits per heavy atom. The summed E-state index contributed by atoms with van der Waals surface area (Å²) in [6.07, 6.45) is 1.89. The van der Waals surface area contributed by atoms with E-state index in [9.17, 15) is 14.3 Å². The predicted molar refractivity (Wildman–Crippen MR) is 76.1 cm³/mol. The Morgan fingerprint density at radius 2 is 2.05 bits per heavy atom. The van der Waals surface area contributed by atoms with Gasteiger partial charge < -0.3 is 15.9 Å². The highest BCUT2D eigenvalue weighted by Crippen LogP contribution is 2.36. The van der Waals surface area contributed by atoms with Crippen LogP contribution in [-0.4, -0.2) is 27.5 Å². The van der Waals surface area contributed by atoms with Crippen LogP contribution in [0.5, 0.6) is 0 Å². The number of aliphatic hydroxyl groups is 1. The number of aliphatic carboxylic acids is 1. The van der Waals surface area contributed by atoms with E-state index in [0.717, 1.165) is 0 Å². The number of hydrogen-bond donors (Lipinski definition) is 3. The molecule has 20 heavy (non-hydrogen) atoms. The molecule has 1 fully saturated rings. The van der Waals surface area contributed by atoms with E-state index in [4.69, 9.17) is 10.8 Å². The van der Waals surface area contributed by atoms with Crippen LogP contribution in [0.1, 0.15) is 25.7 Å². The van der Waals surface area contributed by atoms with Crippen LogP contribution in [0.2, 0.25) is 0 Å². The van der Waals surface area contributed by atoms with E-state index < -0.39 is 17.4 Å². The van der Waals surface area contributed by atoms with Gasteiger partial charge in [-0.05, 0) is 43.9 Å². The van der Waals surface area contributed by atoms with Crippen molar-refractivity contribution in [1.29, 1.82) is 0 Å². The smallest absolute Gasteiger partial charge is 0.306 e. The maximum absolute atomic E-state index is 13.2. The zero-order valence-electron chi connectivity index (χ0n) is 11.0. The first-order valence-corrected chi connectivity index (χ1v) is 7.51. The molecule has 110 valence electrons. The van der Waals surface area contributed by atoms with Crippen molar-refractivity contribution in [3.05, 3.63) is 24.0 Å². The number of nitrogen functional groups attached to an aromatic ring is 1. The van der Waals surface area contributed by atoms with Gasteiger partial charge in [-0.2, -0.15) is 0 Å². The zero-order valence-corrected chi connectivity index (χ0v) is 11.8. The number of anilines is 1. The Hall–Kier alpha value is -1.27. The van der Waals surface area contributed by atoms with E-state index in [1.807, 2.05) is 0 Å². The molecule has 0 saturated heterocycles. The lowest BCUT2D eigenvalue weighted by Gasteiger charge is -2.34. The molecule has 0 aromatic heterocycles. The van der Waals surface area contributed by atoms with Crippen LogP contribution in [0.15, 0.2) is 23.1 Å². The number of hydrogen-bond acceptors (Lipinski definition) is 4. The summed E-state index contributed by atoms with van der Waals surface area (Å²) in [4.78, 5) is 11.6. The standard InChI is InChI=1S/C14H18FNO3S/c15-10-5-11(16)7-12(6-10)20-8-14(19)3-1-9(2-4-14)13(17)18/h5-7,9,19H,1-4,8,16H2,(H,17,18). The van der Waals surface area contributed by atoms with Gasteiger partial charge in [0.25, 0.3) is 0 Å². The summed E-state index contributed by atoms with van der Waals surface area (Å²) in [6, 6.07) is 4.30. The van der Waals surface area contributed by atoms with Crippen molar-refractivity contribution in [2.45, 2.75) is 36.2 Å². The van der Waals surface area contributed by atoms with Crippen LogP contribution in [0.25, 0.3) is 0 Å². The highest BCUT2D eigenvalue weighted by atomic mass is 32.2. The van der Waals surface area contributed by atoms with Crippen molar-refractivity contribution in [1.82, 2.24) is 0 Å². The largest absolute Gasteiger partial charge is 0.481 e. The molecule has 1 aliphatic carbocycles. The molecule has 0 bridgehead atoms. The van der Waals surface area contributed by atoms with Crippen molar-refractivity contribution in [2.24, 2.45) is 5.92 Å². The maximum atomic E-state index is 13.2. The fourth-order valence-electron chi connectivity index (χ4n) is 2.43. The number of carboxylic acids is 1. The number of carbonyl (C=O) groups is 1. The average molecular weight is 299 g/mol. The normalized spacial score (nSPS) is 26.4. The second-order valence-corrected chi connectivity index (χ2v) is 6.39. The molecule has 2 rings (SSSR count). The van der Waals surface area contributed by atoms with E-state index in [2.05, 4.69) is 0 Å². The van der Waals surface area contributed by atoms with Crippen LogP contribution < -0.4 is 5.73 Å². The Balaban J connectivity index is 1.92. The number of carboxylic acid groups (broad SMARTS) is 1. The number of benzene rings is 1. The second kappa shape index (κ2) is 6.01. The fourth-order valence-corrected chi connectivity index (χ4v) is 3.57. The molecule has 0 atom stereocenters. The summed E-state index contributed by atoms with van der Waals surface area (Å²) in [7, 11) is 0. The van der Waals surface area contributed by atoms with E-state index in [1.54, 1.807) is 6.07 Å². The van der Waals surface area contributed by atoms with Gasteiger partial charge in [0, 0.05) is 16.3 Å². The third-order valence-corrected chi connectivity index (χ3v) is 4.92. The molecule has 4 nitrogen and oxygen atoms in total. The first kappa shape index (κ1) is 15.1. The van der Waals surface area contributed by atoms with Crippen LogP contribution >= 0.6 is 11.8 Å². The lowest BCUT2D eigenvalue weighted by atomic mass is 9.80. The molecule has 4 N–H and O–H groups in total. The monoisotopic (exact) mass is 299 g/mol. The highest BCUT2D eigenvalue weighted by molar-refractivity contribution is 7.99. The molecule has 0 heterocycles. The molecular weight excluding hydrogens is 281 g/mol. The van der Waals surface area contributed by atoms with Gasteiger partial charge >= 0.3 is 5.97 Å². The summed E-state index contributed by atoms with van der Waals surface area (Å²) in [6.45, 7) is 0. The van der Waals surface area contributed by atoms with Gasteiger partial charge in [0.2, 0.25) is 0 Å². The molecule has 0 spiro atoms. The van der Waals surface area contributed by atoms with Crippen molar-refractivity contribution in [2.75, 3.05) is 11.5 Å². The van der Waals surface area contributed by atoms with Crippen LogP contribution in [0.3, 0.4) is 0 Å². The van der Waals surface area contributed by atoms with Crippen molar-refractivity contribution < 1.29 is 19.4 Å². The van der Waals surface area contributed by atoms with Crippen molar-refractivity contribution in [3.63, 3.8) is 0 Å². The number of thioether (sulfide) groups is 1. The second-order valence-electron chi connectivity index (χ2n) is 5.35. The molecule has 1 aliphatic rings. The zero-order chi connectivity index (χ0) is 14.8. The summed E-state index contributed by atoms with van der Waals surface area (Å²) in [5.74, 6) is -1.13. The van der Waals surface area contributed by atoms with Gasteiger partial charge in [-0.15, -0.1) is 11.8 Å². The van der Waals surface area contributed by atoms with Crippen molar-refractivity contribution in [3.8, 4) is 0 Å². The molecule has 0 amide bonds. The summed E-state index contributed by atoms with van der Waals surface area (Å²) in [5.41, 5.74) is 5.05. The van der Waals surface area contributed by atoms with E-state index in [0.29, 0.717) is 42.0 Å². The molecule has 0 radical (unpaired) electrons. The molecule has 6 heteroatoms. The minimum Gasteiger partial charge on any atom is -0.481 e. The maximum Gasteiger partial charge on any atom is 0.306 e. The lowest BCUT2D eigenvalue weighted by Crippen LogP contribution is -2.38. The fraction of sp³-hybridized carbons (Fsp3) is 0.500. The lowest BCUT2D eigenvalue weighted by molar-refractivity contribution is -0.144. The number of halogens is 1. The van der Waals surface area contributed by atoms with E-state index >= 15 is 0 Å². The molecule has 1 saturated carbocycles. The van der Waals surface area contributed by atoms with Crippen LogP contribution in [-0.2, 0) is 4.79 Å². The van der Waals surface area contributed by atoms with Gasteiger partial charge in [0.05, 0.1) is 11.5 Å². The van der Waals surface area contributed by atoms with Gasteiger partial charge in [0.15, 0.2) is 0 Å². The Morgan fingerprint density at radius 3 is 2.60 bits per heavy atom. The van der Waals surface area contributed by atoms with Crippen LogP contribution in [0.4, 0.5) is 10.1 Å². The predicted octanol–water partition coefficient (Wildman–Crippen LogP) is 2.51. The molecule has 0 unspecified atom stereocenters. The van der Waals surface area contributed by atoms with E-state index in [-0.39, 0.29) is 5.92 Å². The van der Waals surface area contributed by atoms with Gasteiger partial charge in [-0.3, -0.25) is 4.79 Å². The first-order chi connectivity index (χ1) is 9.38. The quantitative estimate of drug-likeness (QED) is 0.587. The molecule has 0 aliphatic heterocycles. The Kier molecular flexibility index (Phi) is 4.55. The van der Waals surface area contributed by atoms with E-state index in [1.165, 1.54) is 23.9 Å². The highest BCUT2D eigenvalue weighted by Gasteiger charge is 2.35. The topological polar surface area (TPSA) is 83.5 Å². The van der Waals surface area contributed by atoms with Crippen LogP contribution in [0, 0.1) is 11.7 Å². The summed E-state index contributed by atoms with van der Waals surface area (Å²) in [5, 5.41) is 19.4. The Labute approximate surface area is 121 Å². The minimum absolute atomic E-state index is 0.356. The SMILES string of the molecule is Nc1cc(F)cc(SCC2(O)CCC(C(=O)O)CC2)c1. The number of nitrogens with two attached hydrogens (primary N) is 1. The third-order valence-electron chi connectivity index (χ3n) is 3.67. The molecule has 1 aromatic rings. The summed E-state index contributed by atoms with van der Waals surface area (Å²) >= 11 is 1.35. The van der Waals surface area contributed by atoms with Gasteiger partial charge in [-0.25, -0.2) is 4.39 Å². The molecular formula is C14H18FNO3S. The average Bonchev–Trinajstić information content (AvgIpc) is 2.36. The third kappa shape index (κ3) is 3.86. The van der Waals surface area contributed by atoms with Gasteiger partial charge in [-0.1, -0.05) is 0 Å². The first-order valence-electron chi connectivity index (χ1n) is 6.52. The number of rotatable bonds is 4. The Bertz CT molecular complexity index is 481. The minimum atomic E-state index is -0.877. The summed E-state index contributed by atoms with van der Waals surface area (Å²) < 4.78 is 13.2.